The molecule has 0 saturated heterocycles. The highest BCUT2D eigenvalue weighted by atomic mass is 35.5. The molecular formula is C32H40ClFN4O4. The Kier molecular flexibility index (Phi) is 9.25. The minimum Gasteiger partial charge on any atom is -0.460 e. The summed E-state index contributed by atoms with van der Waals surface area (Å²) in [6.07, 6.45) is 6.98. The monoisotopic (exact) mass is 598 g/mol. The number of aromatic nitrogens is 1. The summed E-state index contributed by atoms with van der Waals surface area (Å²) >= 11 is 6.13. The zero-order valence-electron chi connectivity index (χ0n) is 24.6. The predicted molar refractivity (Wildman–Crippen MR) is 162 cm³/mol. The molecule has 2 aliphatic rings. The predicted octanol–water partition coefficient (Wildman–Crippen LogP) is 6.65. The van der Waals surface area contributed by atoms with Crippen LogP contribution in [0.5, 0.6) is 0 Å². The molecule has 1 unspecified atom stereocenters. The molecule has 2 aromatic carbocycles. The fourth-order valence-electron chi connectivity index (χ4n) is 6.04. The summed E-state index contributed by atoms with van der Waals surface area (Å²) < 4.78 is 25.3. The van der Waals surface area contributed by atoms with Crippen molar-refractivity contribution in [1.29, 1.82) is 0 Å². The van der Waals surface area contributed by atoms with Crippen LogP contribution in [-0.2, 0) is 20.7 Å². The van der Waals surface area contributed by atoms with E-state index in [1.165, 1.54) is 12.5 Å². The second-order valence-corrected chi connectivity index (χ2v) is 13.0. The van der Waals surface area contributed by atoms with Crippen LogP contribution in [0.1, 0.15) is 71.3 Å². The van der Waals surface area contributed by atoms with E-state index in [4.69, 9.17) is 20.8 Å². The molecule has 10 heteroatoms. The van der Waals surface area contributed by atoms with Gasteiger partial charge in [-0.2, -0.15) is 4.98 Å². The Morgan fingerprint density at radius 2 is 1.95 bits per heavy atom. The molecule has 1 saturated carbocycles. The maximum absolute atomic E-state index is 13.9. The first-order chi connectivity index (χ1) is 20.0. The molecule has 2 N–H and O–H groups in total. The van der Waals surface area contributed by atoms with Crippen molar-refractivity contribution in [2.24, 2.45) is 5.92 Å². The van der Waals surface area contributed by atoms with Crippen LogP contribution in [0, 0.1) is 11.7 Å². The number of fused-ring (bicyclic) bond motifs is 2. The van der Waals surface area contributed by atoms with E-state index >= 15 is 0 Å². The Morgan fingerprint density at radius 1 is 1.17 bits per heavy atom. The van der Waals surface area contributed by atoms with Crippen LogP contribution < -0.4 is 15.5 Å². The fourth-order valence-corrected chi connectivity index (χ4v) is 6.20. The van der Waals surface area contributed by atoms with Gasteiger partial charge in [-0.05, 0) is 75.4 Å². The van der Waals surface area contributed by atoms with Crippen LogP contribution in [0.25, 0.3) is 11.1 Å². The molecule has 1 aromatic heterocycles. The third kappa shape index (κ3) is 7.94. The minimum atomic E-state index is -0.648. The highest BCUT2D eigenvalue weighted by Gasteiger charge is 2.31. The lowest BCUT2D eigenvalue weighted by Crippen LogP contribution is -2.50. The lowest BCUT2D eigenvalue weighted by molar-refractivity contribution is -0.155. The number of benzene rings is 2. The standard InChI is InChI=1S/C32H40ClFN4O4/c1-32(2,3)42-29(39)18-24(19-38-14-13-21-16-23(34)10-12-27(21)38)35-30(40)26(15-20-7-5-4-6-8-20)37-31-36-25-11-9-22(33)17-28(25)41-31/h9-12,16-17,20,24,26H,4-8,13-15,18-19H2,1-3H3,(H,35,40)(H,36,37)/t24?,26-/m0/s1. The number of hydrogen-bond acceptors (Lipinski definition) is 7. The van der Waals surface area contributed by atoms with E-state index in [9.17, 15) is 14.0 Å². The summed E-state index contributed by atoms with van der Waals surface area (Å²) in [6.45, 7) is 6.53. The molecule has 1 amide bonds. The molecule has 1 aliphatic heterocycles. The Hall–Kier alpha value is -3.33. The van der Waals surface area contributed by atoms with Gasteiger partial charge >= 0.3 is 5.97 Å². The number of esters is 1. The molecule has 1 fully saturated rings. The quantitative estimate of drug-likeness (QED) is 0.252. The van der Waals surface area contributed by atoms with Gasteiger partial charge in [-0.3, -0.25) is 9.59 Å². The first kappa shape index (κ1) is 30.1. The van der Waals surface area contributed by atoms with Gasteiger partial charge < -0.3 is 24.7 Å². The number of anilines is 2. The molecule has 2 atom stereocenters. The van der Waals surface area contributed by atoms with Gasteiger partial charge in [0.2, 0.25) is 5.91 Å². The molecule has 0 bridgehead atoms. The molecule has 42 heavy (non-hydrogen) atoms. The summed E-state index contributed by atoms with van der Waals surface area (Å²) in [7, 11) is 0. The van der Waals surface area contributed by atoms with Gasteiger partial charge in [0.05, 0.1) is 12.5 Å². The van der Waals surface area contributed by atoms with E-state index in [0.29, 0.717) is 48.0 Å². The zero-order valence-corrected chi connectivity index (χ0v) is 25.3. The lowest BCUT2D eigenvalue weighted by Gasteiger charge is -2.30. The topological polar surface area (TPSA) is 96.7 Å². The van der Waals surface area contributed by atoms with Crippen molar-refractivity contribution in [3.8, 4) is 0 Å². The third-order valence-electron chi connectivity index (χ3n) is 7.91. The summed E-state index contributed by atoms with van der Waals surface area (Å²) in [5, 5.41) is 6.93. The molecule has 3 aromatic rings. The summed E-state index contributed by atoms with van der Waals surface area (Å²) in [5.74, 6) is -0.496. The molecular weight excluding hydrogens is 559 g/mol. The summed E-state index contributed by atoms with van der Waals surface area (Å²) in [6, 6.07) is 9.08. The van der Waals surface area contributed by atoms with Crippen molar-refractivity contribution in [3.05, 3.63) is 52.8 Å². The second kappa shape index (κ2) is 12.9. The molecule has 226 valence electrons. The van der Waals surface area contributed by atoms with Crippen molar-refractivity contribution in [3.63, 3.8) is 0 Å². The van der Waals surface area contributed by atoms with E-state index in [0.717, 1.165) is 36.9 Å². The normalized spacial score (nSPS) is 17.1. The van der Waals surface area contributed by atoms with Gasteiger partial charge in [-0.25, -0.2) is 4.39 Å². The summed E-state index contributed by atoms with van der Waals surface area (Å²) in [4.78, 5) is 33.5. The van der Waals surface area contributed by atoms with Crippen LogP contribution in [0.15, 0.2) is 40.8 Å². The number of halogens is 2. The van der Waals surface area contributed by atoms with Gasteiger partial charge in [0.1, 0.15) is 23.0 Å². The van der Waals surface area contributed by atoms with Crippen molar-refractivity contribution in [1.82, 2.24) is 10.3 Å². The van der Waals surface area contributed by atoms with E-state index < -0.39 is 17.7 Å². The number of carbonyl (C=O) groups is 2. The number of hydrogen-bond donors (Lipinski definition) is 2. The maximum atomic E-state index is 13.9. The van der Waals surface area contributed by atoms with Gasteiger partial charge in [0.15, 0.2) is 5.58 Å². The Balaban J connectivity index is 1.35. The fraction of sp³-hybridized carbons (Fsp3) is 0.531. The number of carbonyl (C=O) groups excluding carboxylic acids is 2. The smallest absolute Gasteiger partial charge is 0.308 e. The van der Waals surface area contributed by atoms with Crippen molar-refractivity contribution in [2.75, 3.05) is 23.3 Å². The maximum Gasteiger partial charge on any atom is 0.308 e. The van der Waals surface area contributed by atoms with Gasteiger partial charge in [0, 0.05) is 29.9 Å². The van der Waals surface area contributed by atoms with Crippen molar-refractivity contribution in [2.45, 2.75) is 89.8 Å². The van der Waals surface area contributed by atoms with E-state index in [1.54, 1.807) is 30.3 Å². The van der Waals surface area contributed by atoms with Crippen LogP contribution in [-0.4, -0.2) is 47.6 Å². The average molecular weight is 599 g/mol. The van der Waals surface area contributed by atoms with Crippen LogP contribution in [0.2, 0.25) is 5.02 Å². The molecule has 2 heterocycles. The third-order valence-corrected chi connectivity index (χ3v) is 8.15. The van der Waals surface area contributed by atoms with E-state index in [-0.39, 0.29) is 30.1 Å². The van der Waals surface area contributed by atoms with Crippen molar-refractivity contribution < 1.29 is 23.1 Å². The number of amides is 1. The first-order valence-corrected chi connectivity index (χ1v) is 15.3. The minimum absolute atomic E-state index is 0.00751. The van der Waals surface area contributed by atoms with Gasteiger partial charge in [-0.15, -0.1) is 0 Å². The Bertz CT molecular complexity index is 1420. The van der Waals surface area contributed by atoms with Crippen molar-refractivity contribution >= 4 is 46.3 Å². The Labute approximate surface area is 251 Å². The number of nitrogens with zero attached hydrogens (tertiary/aromatic N) is 2. The van der Waals surface area contributed by atoms with Gasteiger partial charge in [-0.1, -0.05) is 43.7 Å². The molecule has 8 nitrogen and oxygen atoms in total. The van der Waals surface area contributed by atoms with Crippen LogP contribution in [0.3, 0.4) is 0 Å². The van der Waals surface area contributed by atoms with E-state index in [2.05, 4.69) is 20.5 Å². The second-order valence-electron chi connectivity index (χ2n) is 12.5. The highest BCUT2D eigenvalue weighted by molar-refractivity contribution is 6.31. The zero-order chi connectivity index (χ0) is 29.9. The van der Waals surface area contributed by atoms with Crippen LogP contribution >= 0.6 is 11.6 Å². The van der Waals surface area contributed by atoms with Gasteiger partial charge in [0.25, 0.3) is 6.01 Å². The number of rotatable bonds is 10. The molecule has 0 spiro atoms. The number of oxazole rings is 1. The highest BCUT2D eigenvalue weighted by Crippen LogP contribution is 2.31. The largest absolute Gasteiger partial charge is 0.460 e. The number of nitrogens with one attached hydrogen (secondary N) is 2. The summed E-state index contributed by atoms with van der Waals surface area (Å²) in [5.41, 5.74) is 2.37. The molecule has 0 radical (unpaired) electrons. The number of ether oxygens (including phenoxy) is 1. The first-order valence-electron chi connectivity index (χ1n) is 14.9. The van der Waals surface area contributed by atoms with E-state index in [1.807, 2.05) is 20.8 Å². The van der Waals surface area contributed by atoms with Crippen LogP contribution in [0.4, 0.5) is 16.1 Å². The lowest BCUT2D eigenvalue weighted by atomic mass is 9.84. The SMILES string of the molecule is CC(C)(C)OC(=O)CC(CN1CCc2cc(F)ccc21)NC(=O)[C@H](CC1CCCCC1)Nc1nc2ccc(Cl)cc2o1. The Morgan fingerprint density at radius 3 is 2.71 bits per heavy atom. The average Bonchev–Trinajstić information content (AvgIpc) is 3.50. The molecule has 1 aliphatic carbocycles. The molecule has 5 rings (SSSR count).